The lowest BCUT2D eigenvalue weighted by Gasteiger charge is -2.71. The van der Waals surface area contributed by atoms with E-state index in [4.69, 9.17) is 16.4 Å². The SMILES string of the molecule is CC(=O)NOc1ccc(F)c(C23CC(Nc4cccc(Br)n4)(C2)C3)c1Cl. The minimum Gasteiger partial charge on any atom is -0.378 e. The number of rotatable bonds is 5. The Kier molecular flexibility index (Phi) is 4.11. The number of hydrogen-bond acceptors (Lipinski definition) is 4. The van der Waals surface area contributed by atoms with Crippen LogP contribution in [0.2, 0.25) is 5.02 Å². The number of hydrogen-bond donors (Lipinski definition) is 2. The highest BCUT2D eigenvalue weighted by molar-refractivity contribution is 9.10. The Balaban J connectivity index is 1.52. The largest absolute Gasteiger partial charge is 0.378 e. The van der Waals surface area contributed by atoms with Gasteiger partial charge in [0, 0.05) is 23.4 Å². The van der Waals surface area contributed by atoms with E-state index in [1.54, 1.807) is 0 Å². The van der Waals surface area contributed by atoms with Gasteiger partial charge in [0.1, 0.15) is 16.2 Å². The summed E-state index contributed by atoms with van der Waals surface area (Å²) in [6.07, 6.45) is 2.32. The molecule has 1 aromatic heterocycles. The number of nitrogens with one attached hydrogen (secondary N) is 2. The fourth-order valence-electron chi connectivity index (χ4n) is 4.16. The van der Waals surface area contributed by atoms with Crippen molar-refractivity contribution in [2.75, 3.05) is 5.32 Å². The van der Waals surface area contributed by atoms with Gasteiger partial charge in [0.2, 0.25) is 5.91 Å². The summed E-state index contributed by atoms with van der Waals surface area (Å²) in [5, 5.41) is 3.67. The molecule has 2 bridgehead atoms. The summed E-state index contributed by atoms with van der Waals surface area (Å²) < 4.78 is 15.3. The molecule has 5 nitrogen and oxygen atoms in total. The Bertz CT molecular complexity index is 888. The lowest BCUT2D eigenvalue weighted by atomic mass is 9.37. The summed E-state index contributed by atoms with van der Waals surface area (Å²) in [5.74, 6) is 0.335. The third-order valence-corrected chi connectivity index (χ3v) is 5.85. The minimum atomic E-state index is -0.359. The van der Waals surface area contributed by atoms with Gasteiger partial charge in [-0.3, -0.25) is 4.79 Å². The molecule has 3 fully saturated rings. The molecular weight excluding hydrogens is 425 g/mol. The van der Waals surface area contributed by atoms with E-state index >= 15 is 0 Å². The molecule has 0 saturated heterocycles. The van der Waals surface area contributed by atoms with Gasteiger partial charge in [0.15, 0.2) is 5.75 Å². The maximum Gasteiger partial charge on any atom is 0.249 e. The number of pyridine rings is 1. The molecule has 0 radical (unpaired) electrons. The molecule has 0 spiro atoms. The summed E-state index contributed by atoms with van der Waals surface area (Å²) in [5.41, 5.74) is 2.32. The van der Waals surface area contributed by atoms with E-state index in [2.05, 4.69) is 31.7 Å². The second kappa shape index (κ2) is 6.09. The summed E-state index contributed by atoms with van der Waals surface area (Å²) in [4.78, 5) is 20.6. The second-order valence-electron chi connectivity index (χ2n) is 7.06. The molecule has 3 saturated carbocycles. The van der Waals surface area contributed by atoms with Crippen LogP contribution in [0.1, 0.15) is 31.7 Å². The van der Waals surface area contributed by atoms with Crippen LogP contribution in [0.4, 0.5) is 10.2 Å². The molecular formula is C18H16BrClFN3O2. The number of halogens is 3. The van der Waals surface area contributed by atoms with Crippen LogP contribution in [0.25, 0.3) is 0 Å². The third kappa shape index (κ3) is 2.83. The van der Waals surface area contributed by atoms with Crippen molar-refractivity contribution in [3.05, 3.63) is 51.3 Å². The highest BCUT2D eigenvalue weighted by Crippen LogP contribution is 2.70. The Morgan fingerprint density at radius 2 is 2.04 bits per heavy atom. The van der Waals surface area contributed by atoms with Gasteiger partial charge in [0.05, 0.1) is 5.02 Å². The predicted octanol–water partition coefficient (Wildman–Crippen LogP) is 4.35. The molecule has 0 unspecified atom stereocenters. The quantitative estimate of drug-likeness (QED) is 0.536. The molecule has 3 aliphatic carbocycles. The van der Waals surface area contributed by atoms with Crippen molar-refractivity contribution in [3.8, 4) is 5.75 Å². The first-order chi connectivity index (χ1) is 12.3. The van der Waals surface area contributed by atoms with Crippen molar-refractivity contribution in [3.63, 3.8) is 0 Å². The van der Waals surface area contributed by atoms with Crippen molar-refractivity contribution in [1.29, 1.82) is 0 Å². The zero-order valence-electron chi connectivity index (χ0n) is 13.9. The number of aromatic nitrogens is 1. The van der Waals surface area contributed by atoms with Gasteiger partial charge in [0.25, 0.3) is 0 Å². The molecule has 2 N–H and O–H groups in total. The van der Waals surface area contributed by atoms with Crippen LogP contribution < -0.4 is 15.6 Å². The maximum absolute atomic E-state index is 14.5. The number of carbonyl (C=O) groups is 1. The van der Waals surface area contributed by atoms with E-state index < -0.39 is 0 Å². The number of benzene rings is 1. The zero-order chi connectivity index (χ0) is 18.5. The van der Waals surface area contributed by atoms with E-state index in [9.17, 15) is 9.18 Å². The number of carbonyl (C=O) groups excluding carboxylic acids is 1. The normalized spacial score (nSPS) is 25.7. The zero-order valence-corrected chi connectivity index (χ0v) is 16.2. The molecule has 2 aromatic rings. The van der Waals surface area contributed by atoms with Gasteiger partial charge in [-0.15, -0.1) is 0 Å². The van der Waals surface area contributed by atoms with E-state index in [-0.39, 0.29) is 33.5 Å². The van der Waals surface area contributed by atoms with Crippen LogP contribution >= 0.6 is 27.5 Å². The Morgan fingerprint density at radius 3 is 2.69 bits per heavy atom. The molecule has 26 heavy (non-hydrogen) atoms. The van der Waals surface area contributed by atoms with Gasteiger partial charge in [-0.05, 0) is 59.5 Å². The number of hydroxylamine groups is 1. The minimum absolute atomic E-state index is 0.0714. The van der Waals surface area contributed by atoms with Crippen LogP contribution in [-0.4, -0.2) is 16.4 Å². The Hall–Kier alpha value is -1.86. The highest BCUT2D eigenvalue weighted by Gasteiger charge is 2.70. The maximum atomic E-state index is 14.5. The fraction of sp³-hybridized carbons (Fsp3) is 0.333. The van der Waals surface area contributed by atoms with Crippen molar-refractivity contribution < 1.29 is 14.0 Å². The van der Waals surface area contributed by atoms with E-state index in [0.717, 1.165) is 29.7 Å². The molecule has 1 heterocycles. The van der Waals surface area contributed by atoms with Crippen LogP contribution in [0.3, 0.4) is 0 Å². The van der Waals surface area contributed by atoms with E-state index in [1.165, 1.54) is 19.1 Å². The van der Waals surface area contributed by atoms with Crippen LogP contribution in [0.15, 0.2) is 34.9 Å². The van der Waals surface area contributed by atoms with Crippen molar-refractivity contribution in [1.82, 2.24) is 10.5 Å². The van der Waals surface area contributed by atoms with Gasteiger partial charge < -0.3 is 10.2 Å². The predicted molar refractivity (Wildman–Crippen MR) is 99.7 cm³/mol. The Labute approximate surface area is 163 Å². The molecule has 1 aromatic carbocycles. The lowest BCUT2D eigenvalue weighted by molar-refractivity contribution is -0.125. The molecule has 5 rings (SSSR count). The molecule has 0 atom stereocenters. The van der Waals surface area contributed by atoms with Crippen LogP contribution in [-0.2, 0) is 10.2 Å². The van der Waals surface area contributed by atoms with E-state index in [1.807, 2.05) is 18.2 Å². The van der Waals surface area contributed by atoms with Gasteiger partial charge in [-0.2, -0.15) is 5.48 Å². The summed E-state index contributed by atoms with van der Waals surface area (Å²) in [6.45, 7) is 1.32. The van der Waals surface area contributed by atoms with Gasteiger partial charge in [-0.1, -0.05) is 17.7 Å². The third-order valence-electron chi connectivity index (χ3n) is 5.03. The van der Waals surface area contributed by atoms with Crippen LogP contribution in [0, 0.1) is 5.82 Å². The smallest absolute Gasteiger partial charge is 0.249 e. The molecule has 3 aliphatic rings. The first-order valence-corrected chi connectivity index (χ1v) is 9.32. The van der Waals surface area contributed by atoms with Crippen molar-refractivity contribution in [2.24, 2.45) is 0 Å². The lowest BCUT2D eigenvalue weighted by Crippen LogP contribution is -2.73. The topological polar surface area (TPSA) is 63.2 Å². The standard InChI is InChI=1S/C18H16BrClFN3O2/c1-10(25)24-26-12-6-5-11(21)15(16(12)20)17-7-18(8-17,9-17)23-14-4-2-3-13(19)22-14/h2-6H,7-9H2,1H3,(H,22,23)(H,24,25). The summed E-state index contributed by atoms with van der Waals surface area (Å²) in [7, 11) is 0. The van der Waals surface area contributed by atoms with Crippen molar-refractivity contribution in [2.45, 2.75) is 37.1 Å². The van der Waals surface area contributed by atoms with E-state index in [0.29, 0.717) is 5.56 Å². The first-order valence-electron chi connectivity index (χ1n) is 8.15. The molecule has 136 valence electrons. The Morgan fingerprint density at radius 1 is 1.31 bits per heavy atom. The molecule has 8 heteroatoms. The second-order valence-corrected chi connectivity index (χ2v) is 8.25. The average molecular weight is 441 g/mol. The highest BCUT2D eigenvalue weighted by atomic mass is 79.9. The van der Waals surface area contributed by atoms with Gasteiger partial charge in [-0.25, -0.2) is 9.37 Å². The number of nitrogens with zero attached hydrogens (tertiary/aromatic N) is 1. The van der Waals surface area contributed by atoms with Crippen LogP contribution in [0.5, 0.6) is 5.75 Å². The fourth-order valence-corrected chi connectivity index (χ4v) is 4.90. The summed E-state index contributed by atoms with van der Waals surface area (Å²) >= 11 is 9.75. The monoisotopic (exact) mass is 439 g/mol. The van der Waals surface area contributed by atoms with Crippen molar-refractivity contribution >= 4 is 39.3 Å². The molecule has 1 amide bonds. The molecule has 0 aliphatic heterocycles. The average Bonchev–Trinajstić information content (AvgIpc) is 2.50. The summed E-state index contributed by atoms with van der Waals surface area (Å²) in [6, 6.07) is 8.44. The first kappa shape index (κ1) is 17.5. The number of anilines is 1. The van der Waals surface area contributed by atoms with Gasteiger partial charge >= 0.3 is 0 Å². The number of amides is 1.